The molecule has 9 nitrogen and oxygen atoms in total. The van der Waals surface area contributed by atoms with Crippen molar-refractivity contribution in [2.24, 2.45) is 0 Å². The number of ether oxygens (including phenoxy) is 4. The number of para-hydroxylation sites is 2. The number of amides is 2. The number of hydrogen-bond acceptors (Lipinski definition) is 7. The molecule has 9 heteroatoms. The Morgan fingerprint density at radius 2 is 1.08 bits per heavy atom. The Labute approximate surface area is 365 Å². The zero-order valence-electron chi connectivity index (χ0n) is 39.0. The second-order valence-electron chi connectivity index (χ2n) is 18.6. The van der Waals surface area contributed by atoms with E-state index in [-0.39, 0.29) is 47.2 Å². The van der Waals surface area contributed by atoms with Crippen LogP contribution in [-0.4, -0.2) is 38.1 Å². The molecule has 2 N–H and O–H groups in total. The quantitative estimate of drug-likeness (QED) is 0.0804. The maximum absolute atomic E-state index is 13.7. The first-order valence-electron chi connectivity index (χ1n) is 21.8. The zero-order valence-corrected chi connectivity index (χ0v) is 39.0. The topological polar surface area (TPSA) is 112 Å². The van der Waals surface area contributed by atoms with Crippen LogP contribution in [0.4, 0.5) is 11.4 Å². The van der Waals surface area contributed by atoms with Gasteiger partial charge in [0.05, 0.1) is 19.2 Å². The molecular formula is C52H70N2O7. The average molecular weight is 835 g/mol. The van der Waals surface area contributed by atoms with Crippen LogP contribution in [0.1, 0.15) is 149 Å². The largest absolute Gasteiger partial charge is 0.495 e. The molecule has 0 unspecified atom stereocenters. The van der Waals surface area contributed by atoms with Crippen molar-refractivity contribution in [2.75, 3.05) is 31.0 Å². The maximum Gasteiger partial charge on any atom is 0.344 e. The molecule has 0 bridgehead atoms. The summed E-state index contributed by atoms with van der Waals surface area (Å²) < 4.78 is 23.9. The van der Waals surface area contributed by atoms with Crippen LogP contribution in [0.15, 0.2) is 84.9 Å². The summed E-state index contributed by atoms with van der Waals surface area (Å²) in [7, 11) is 1.53. The highest BCUT2D eigenvalue weighted by molar-refractivity contribution is 5.93. The van der Waals surface area contributed by atoms with Gasteiger partial charge in [0, 0.05) is 16.8 Å². The Hall–Kier alpha value is -5.31. The molecule has 4 aromatic rings. The van der Waals surface area contributed by atoms with E-state index >= 15 is 0 Å². The molecule has 0 saturated heterocycles. The Kier molecular flexibility index (Phi) is 16.3. The summed E-state index contributed by atoms with van der Waals surface area (Å²) in [6.07, 6.45) is 2.51. The van der Waals surface area contributed by atoms with E-state index in [4.69, 9.17) is 18.9 Å². The maximum atomic E-state index is 13.7. The van der Waals surface area contributed by atoms with E-state index < -0.39 is 18.0 Å². The molecule has 0 aromatic heterocycles. The van der Waals surface area contributed by atoms with Gasteiger partial charge in [0.2, 0.25) is 5.91 Å². The Bertz CT molecular complexity index is 2130. The van der Waals surface area contributed by atoms with E-state index in [0.717, 1.165) is 36.8 Å². The van der Waals surface area contributed by atoms with Crippen molar-refractivity contribution in [3.63, 3.8) is 0 Å². The van der Waals surface area contributed by atoms with Crippen molar-refractivity contribution in [1.82, 2.24) is 0 Å². The highest BCUT2D eigenvalue weighted by atomic mass is 16.6. The molecule has 0 saturated carbocycles. The van der Waals surface area contributed by atoms with Gasteiger partial charge in [-0.15, -0.1) is 0 Å². The van der Waals surface area contributed by atoms with E-state index in [9.17, 15) is 14.4 Å². The monoisotopic (exact) mass is 835 g/mol. The van der Waals surface area contributed by atoms with Gasteiger partial charge in [0.25, 0.3) is 5.91 Å². The summed E-state index contributed by atoms with van der Waals surface area (Å²) in [6, 6.07) is 26.5. The lowest BCUT2D eigenvalue weighted by molar-refractivity contribution is -0.152. The summed E-state index contributed by atoms with van der Waals surface area (Å²) in [4.78, 5) is 40.6. The number of methoxy groups -OCH3 is 1. The zero-order chi connectivity index (χ0) is 45.2. The van der Waals surface area contributed by atoms with E-state index in [1.54, 1.807) is 42.5 Å². The van der Waals surface area contributed by atoms with Gasteiger partial charge >= 0.3 is 5.97 Å². The standard InChI is InChI=1S/C52H70N2O7/c1-14-49(5,6)36-25-27-42(39(30-36)51(9,10)16-3)59-33-47(56)53-38-22-20-21-35(29-38)45(32-46(55)54-41-23-18-19-24-44(41)58-13)61-48(57)34-60-43-28-26-37(50(7,8)15-2)31-40(43)52(11,12)17-4/h18-31,45H,14-17,32-34H2,1-13H3,(H,53,56)(H,54,55)/t45-/m0/s1. The minimum absolute atomic E-state index is 0.00116. The molecular weight excluding hydrogens is 765 g/mol. The van der Waals surface area contributed by atoms with E-state index in [0.29, 0.717) is 34.2 Å². The molecule has 4 rings (SSSR count). The molecule has 61 heavy (non-hydrogen) atoms. The van der Waals surface area contributed by atoms with Gasteiger partial charge in [-0.05, 0) is 100 Å². The van der Waals surface area contributed by atoms with Crippen molar-refractivity contribution >= 4 is 29.2 Å². The van der Waals surface area contributed by atoms with Gasteiger partial charge in [0.1, 0.15) is 23.4 Å². The fourth-order valence-corrected chi connectivity index (χ4v) is 6.83. The summed E-state index contributed by atoms with van der Waals surface area (Å²) in [5.74, 6) is 0.387. The van der Waals surface area contributed by atoms with Crippen LogP contribution in [0, 0.1) is 0 Å². The normalized spacial score (nSPS) is 12.6. The van der Waals surface area contributed by atoms with Crippen LogP contribution >= 0.6 is 0 Å². The summed E-state index contributed by atoms with van der Waals surface area (Å²) >= 11 is 0. The molecule has 4 aromatic carbocycles. The average Bonchev–Trinajstić information content (AvgIpc) is 3.24. The van der Waals surface area contributed by atoms with Crippen molar-refractivity contribution in [2.45, 2.75) is 143 Å². The second kappa shape index (κ2) is 20.5. The minimum atomic E-state index is -1.01. The van der Waals surface area contributed by atoms with Crippen LogP contribution in [0.3, 0.4) is 0 Å². The molecule has 1 atom stereocenters. The number of nitrogens with one attached hydrogen (secondary N) is 2. The highest BCUT2D eigenvalue weighted by Gasteiger charge is 2.29. The van der Waals surface area contributed by atoms with Crippen molar-refractivity contribution in [3.8, 4) is 17.2 Å². The Morgan fingerprint density at radius 1 is 0.557 bits per heavy atom. The number of carbonyl (C=O) groups excluding carboxylic acids is 3. The van der Waals surface area contributed by atoms with Gasteiger partial charge in [0.15, 0.2) is 13.2 Å². The molecule has 0 heterocycles. The van der Waals surface area contributed by atoms with Gasteiger partial charge in [-0.1, -0.05) is 132 Å². The molecule has 2 amide bonds. The first-order chi connectivity index (χ1) is 28.7. The third-order valence-electron chi connectivity index (χ3n) is 12.8. The lowest BCUT2D eigenvalue weighted by atomic mass is 9.76. The van der Waals surface area contributed by atoms with E-state index in [1.807, 2.05) is 18.2 Å². The number of anilines is 2. The molecule has 0 radical (unpaired) electrons. The van der Waals surface area contributed by atoms with Gasteiger partial charge in [-0.25, -0.2) is 4.79 Å². The Balaban J connectivity index is 1.56. The van der Waals surface area contributed by atoms with Crippen molar-refractivity contribution in [1.29, 1.82) is 0 Å². The molecule has 0 spiro atoms. The van der Waals surface area contributed by atoms with Gasteiger partial charge < -0.3 is 29.6 Å². The summed E-state index contributed by atoms with van der Waals surface area (Å²) in [5, 5.41) is 5.82. The van der Waals surface area contributed by atoms with Crippen molar-refractivity contribution < 1.29 is 33.3 Å². The molecule has 330 valence electrons. The Morgan fingerprint density at radius 3 is 1.61 bits per heavy atom. The fraction of sp³-hybridized carbons (Fsp3) is 0.481. The third-order valence-corrected chi connectivity index (χ3v) is 12.8. The fourth-order valence-electron chi connectivity index (χ4n) is 6.83. The van der Waals surface area contributed by atoms with Crippen LogP contribution in [0.5, 0.6) is 17.2 Å². The molecule has 0 aliphatic rings. The van der Waals surface area contributed by atoms with Crippen LogP contribution in [0.2, 0.25) is 0 Å². The van der Waals surface area contributed by atoms with E-state index in [2.05, 4.69) is 118 Å². The number of carbonyl (C=O) groups is 3. The van der Waals surface area contributed by atoms with Crippen LogP contribution in [-0.2, 0) is 40.8 Å². The predicted octanol–water partition coefficient (Wildman–Crippen LogP) is 12.2. The number of benzene rings is 4. The lowest BCUT2D eigenvalue weighted by Crippen LogP contribution is -2.25. The SMILES string of the molecule is CCC(C)(C)c1ccc(OCC(=O)Nc2cccc([C@H](CC(=O)Nc3ccccc3OC)OC(=O)COc3ccc(C(C)(C)CC)cc3C(C)(C)CC)c2)c(C(C)(C)CC)c1. The lowest BCUT2D eigenvalue weighted by Gasteiger charge is -2.30. The number of esters is 1. The van der Waals surface area contributed by atoms with Crippen LogP contribution in [0.25, 0.3) is 0 Å². The van der Waals surface area contributed by atoms with Crippen LogP contribution < -0.4 is 24.8 Å². The van der Waals surface area contributed by atoms with Gasteiger partial charge in [-0.2, -0.15) is 0 Å². The minimum Gasteiger partial charge on any atom is -0.495 e. The highest BCUT2D eigenvalue weighted by Crippen LogP contribution is 2.40. The molecule has 0 aliphatic heterocycles. The van der Waals surface area contributed by atoms with Crippen molar-refractivity contribution in [3.05, 3.63) is 113 Å². The second-order valence-corrected chi connectivity index (χ2v) is 18.6. The number of rotatable bonds is 21. The smallest absolute Gasteiger partial charge is 0.344 e. The third kappa shape index (κ3) is 12.6. The first-order valence-corrected chi connectivity index (χ1v) is 21.8. The van der Waals surface area contributed by atoms with E-state index in [1.165, 1.54) is 18.2 Å². The van der Waals surface area contributed by atoms with Gasteiger partial charge in [-0.3, -0.25) is 9.59 Å². The summed E-state index contributed by atoms with van der Waals surface area (Å²) in [6.45, 7) is 25.7. The molecule has 0 aliphatic carbocycles. The molecule has 0 fully saturated rings. The number of hydrogen-bond donors (Lipinski definition) is 2. The predicted molar refractivity (Wildman–Crippen MR) is 247 cm³/mol. The first kappa shape index (κ1) is 48.4. The summed E-state index contributed by atoms with van der Waals surface area (Å²) in [5.41, 5.74) is 5.58.